The fourth-order valence-electron chi connectivity index (χ4n) is 4.56. The molecule has 2 amide bonds. The number of hydrogen-bond donors (Lipinski definition) is 3. The molecule has 0 radical (unpaired) electrons. The Morgan fingerprint density at radius 1 is 0.943 bits per heavy atom. The SMILES string of the molecule is CC(C)C[C@H](NC(=O)OCC1c2ccccc2-c2ccccc21)C(=O)NCCC(C)CCC(=O)O. The lowest BCUT2D eigenvalue weighted by Gasteiger charge is -2.21. The van der Waals surface area contributed by atoms with Crippen molar-refractivity contribution >= 4 is 18.0 Å². The molecule has 1 unspecified atom stereocenters. The number of rotatable bonds is 12. The summed E-state index contributed by atoms with van der Waals surface area (Å²) in [7, 11) is 0. The van der Waals surface area contributed by atoms with E-state index >= 15 is 0 Å². The van der Waals surface area contributed by atoms with Gasteiger partial charge in [0, 0.05) is 18.9 Å². The van der Waals surface area contributed by atoms with E-state index in [4.69, 9.17) is 9.84 Å². The summed E-state index contributed by atoms with van der Waals surface area (Å²) in [5, 5.41) is 14.4. The number of hydrogen-bond acceptors (Lipinski definition) is 4. The van der Waals surface area contributed by atoms with E-state index in [1.54, 1.807) is 0 Å². The molecule has 3 rings (SSSR count). The molecule has 2 atom stereocenters. The number of ether oxygens (including phenoxy) is 1. The molecule has 0 bridgehead atoms. The molecular formula is C28H36N2O5. The second-order valence-electron chi connectivity index (χ2n) is 9.77. The lowest BCUT2D eigenvalue weighted by molar-refractivity contribution is -0.137. The van der Waals surface area contributed by atoms with Gasteiger partial charge in [-0.1, -0.05) is 69.3 Å². The van der Waals surface area contributed by atoms with Crippen LogP contribution in [0.4, 0.5) is 4.79 Å². The molecule has 35 heavy (non-hydrogen) atoms. The summed E-state index contributed by atoms with van der Waals surface area (Å²) in [5.74, 6) is -0.722. The molecule has 3 N–H and O–H groups in total. The quantitative estimate of drug-likeness (QED) is 0.399. The number of carboxylic acids is 1. The average Bonchev–Trinajstić information content (AvgIpc) is 3.14. The largest absolute Gasteiger partial charge is 0.481 e. The molecule has 0 saturated carbocycles. The number of carbonyl (C=O) groups is 3. The van der Waals surface area contributed by atoms with Crippen molar-refractivity contribution in [2.24, 2.45) is 11.8 Å². The third-order valence-corrected chi connectivity index (χ3v) is 6.45. The number of fused-ring (bicyclic) bond motifs is 3. The summed E-state index contributed by atoms with van der Waals surface area (Å²) in [5.41, 5.74) is 4.59. The van der Waals surface area contributed by atoms with E-state index in [-0.39, 0.29) is 36.7 Å². The summed E-state index contributed by atoms with van der Waals surface area (Å²) in [6.45, 7) is 6.58. The van der Waals surface area contributed by atoms with Crippen LogP contribution in [0.2, 0.25) is 0 Å². The van der Waals surface area contributed by atoms with Gasteiger partial charge in [-0.3, -0.25) is 9.59 Å². The summed E-state index contributed by atoms with van der Waals surface area (Å²) in [4.78, 5) is 36.2. The number of aliphatic carboxylic acids is 1. The van der Waals surface area contributed by atoms with Crippen molar-refractivity contribution in [3.8, 4) is 11.1 Å². The molecule has 0 saturated heterocycles. The molecule has 0 aliphatic heterocycles. The first kappa shape index (κ1) is 26.3. The van der Waals surface area contributed by atoms with E-state index in [0.29, 0.717) is 25.8 Å². The van der Waals surface area contributed by atoms with Gasteiger partial charge in [0.15, 0.2) is 0 Å². The smallest absolute Gasteiger partial charge is 0.407 e. The third-order valence-electron chi connectivity index (χ3n) is 6.45. The van der Waals surface area contributed by atoms with Crippen molar-refractivity contribution in [3.63, 3.8) is 0 Å². The minimum Gasteiger partial charge on any atom is -0.481 e. The Kier molecular flexibility index (Phi) is 9.29. The zero-order valence-corrected chi connectivity index (χ0v) is 20.8. The van der Waals surface area contributed by atoms with Crippen LogP contribution in [-0.4, -0.2) is 42.3 Å². The van der Waals surface area contributed by atoms with Crippen LogP contribution in [0.3, 0.4) is 0 Å². The molecule has 7 nitrogen and oxygen atoms in total. The number of benzene rings is 2. The molecule has 1 aliphatic rings. The van der Waals surface area contributed by atoms with Gasteiger partial charge in [-0.15, -0.1) is 0 Å². The molecule has 0 aromatic heterocycles. The molecule has 2 aromatic rings. The first-order valence-electron chi connectivity index (χ1n) is 12.4. The van der Waals surface area contributed by atoms with Gasteiger partial charge in [0.05, 0.1) is 0 Å². The van der Waals surface area contributed by atoms with Gasteiger partial charge in [-0.2, -0.15) is 0 Å². The summed E-state index contributed by atoms with van der Waals surface area (Å²) < 4.78 is 5.61. The van der Waals surface area contributed by atoms with Crippen LogP contribution in [-0.2, 0) is 14.3 Å². The average molecular weight is 481 g/mol. The number of carboxylic acid groups (broad SMARTS) is 1. The Labute approximate surface area is 207 Å². The highest BCUT2D eigenvalue weighted by Crippen LogP contribution is 2.44. The highest BCUT2D eigenvalue weighted by molar-refractivity contribution is 5.85. The summed E-state index contributed by atoms with van der Waals surface area (Å²) >= 11 is 0. The van der Waals surface area contributed by atoms with Crippen molar-refractivity contribution in [3.05, 3.63) is 59.7 Å². The van der Waals surface area contributed by atoms with Crippen molar-refractivity contribution in [2.75, 3.05) is 13.2 Å². The van der Waals surface area contributed by atoms with Gasteiger partial charge in [-0.05, 0) is 53.4 Å². The molecule has 7 heteroatoms. The standard InChI is InChI=1S/C28H36N2O5/c1-18(2)16-25(27(33)29-15-14-19(3)12-13-26(31)32)30-28(34)35-17-24-22-10-6-4-8-20(22)21-9-5-7-11-23(21)24/h4-11,18-19,24-25H,12-17H2,1-3H3,(H,29,33)(H,30,34)(H,31,32)/t19?,25-/m0/s1. The van der Waals surface area contributed by atoms with Crippen LogP contribution >= 0.6 is 0 Å². The van der Waals surface area contributed by atoms with E-state index in [1.807, 2.05) is 45.0 Å². The van der Waals surface area contributed by atoms with E-state index in [1.165, 1.54) is 0 Å². The highest BCUT2D eigenvalue weighted by atomic mass is 16.5. The monoisotopic (exact) mass is 480 g/mol. The first-order valence-corrected chi connectivity index (χ1v) is 12.4. The maximum Gasteiger partial charge on any atom is 0.407 e. The summed E-state index contributed by atoms with van der Waals surface area (Å²) in [6.07, 6.45) is 1.25. The molecule has 0 spiro atoms. The van der Waals surface area contributed by atoms with E-state index in [9.17, 15) is 14.4 Å². The van der Waals surface area contributed by atoms with Crippen LogP contribution in [0, 0.1) is 11.8 Å². The van der Waals surface area contributed by atoms with E-state index in [2.05, 4.69) is 34.9 Å². The fourth-order valence-corrected chi connectivity index (χ4v) is 4.56. The van der Waals surface area contributed by atoms with Crippen molar-refractivity contribution in [1.29, 1.82) is 0 Å². The Morgan fingerprint density at radius 2 is 1.54 bits per heavy atom. The van der Waals surface area contributed by atoms with Crippen LogP contribution in [0.1, 0.15) is 63.5 Å². The van der Waals surface area contributed by atoms with Crippen LogP contribution in [0.5, 0.6) is 0 Å². The van der Waals surface area contributed by atoms with Gasteiger partial charge in [0.1, 0.15) is 12.6 Å². The van der Waals surface area contributed by atoms with Crippen molar-refractivity contribution in [2.45, 2.75) is 58.4 Å². The number of amides is 2. The zero-order chi connectivity index (χ0) is 25.4. The Morgan fingerprint density at radius 3 is 2.11 bits per heavy atom. The van der Waals surface area contributed by atoms with Gasteiger partial charge in [0.2, 0.25) is 5.91 Å². The normalized spacial score (nSPS) is 14.1. The maximum absolute atomic E-state index is 12.8. The first-order chi connectivity index (χ1) is 16.8. The second kappa shape index (κ2) is 12.4. The minimum absolute atomic E-state index is 0.0437. The maximum atomic E-state index is 12.8. The molecular weight excluding hydrogens is 444 g/mol. The number of nitrogens with one attached hydrogen (secondary N) is 2. The Hall–Kier alpha value is -3.35. The van der Waals surface area contributed by atoms with Gasteiger partial charge < -0.3 is 20.5 Å². The van der Waals surface area contributed by atoms with Gasteiger partial charge >= 0.3 is 12.1 Å². The second-order valence-corrected chi connectivity index (χ2v) is 9.77. The third kappa shape index (κ3) is 7.31. The molecule has 0 fully saturated rings. The number of carbonyl (C=O) groups excluding carboxylic acids is 2. The molecule has 0 heterocycles. The van der Waals surface area contributed by atoms with Crippen LogP contribution in [0.25, 0.3) is 11.1 Å². The van der Waals surface area contributed by atoms with Gasteiger partial charge in [0.25, 0.3) is 0 Å². The molecule has 2 aromatic carbocycles. The predicted octanol–water partition coefficient (Wildman–Crippen LogP) is 4.95. The lowest BCUT2D eigenvalue weighted by Crippen LogP contribution is -2.48. The minimum atomic E-state index is -0.815. The highest BCUT2D eigenvalue weighted by Gasteiger charge is 2.30. The Bertz CT molecular complexity index is 990. The predicted molar refractivity (Wildman–Crippen MR) is 135 cm³/mol. The Balaban J connectivity index is 1.54. The van der Waals surface area contributed by atoms with Crippen molar-refractivity contribution in [1.82, 2.24) is 10.6 Å². The molecule has 1 aliphatic carbocycles. The molecule has 188 valence electrons. The zero-order valence-electron chi connectivity index (χ0n) is 20.8. The van der Waals surface area contributed by atoms with Crippen LogP contribution in [0.15, 0.2) is 48.5 Å². The topological polar surface area (TPSA) is 105 Å². The van der Waals surface area contributed by atoms with E-state index in [0.717, 1.165) is 22.3 Å². The fraction of sp³-hybridized carbons (Fsp3) is 0.464. The van der Waals surface area contributed by atoms with Gasteiger partial charge in [-0.25, -0.2) is 4.79 Å². The van der Waals surface area contributed by atoms with E-state index < -0.39 is 18.1 Å². The van der Waals surface area contributed by atoms with Crippen LogP contribution < -0.4 is 10.6 Å². The number of alkyl carbamates (subject to hydrolysis) is 1. The summed E-state index contributed by atoms with van der Waals surface area (Å²) in [6, 6.07) is 15.6. The van der Waals surface area contributed by atoms with Crippen molar-refractivity contribution < 1.29 is 24.2 Å². The lowest BCUT2D eigenvalue weighted by atomic mass is 9.98.